The van der Waals surface area contributed by atoms with Gasteiger partial charge in [-0.25, -0.2) is 59.8 Å². The van der Waals surface area contributed by atoms with Gasteiger partial charge in [-0.1, -0.05) is 107 Å². The Morgan fingerprint density at radius 3 is 0.940 bits per heavy atom. The third-order valence-electron chi connectivity index (χ3n) is 22.1. The molecule has 0 unspecified atom stereocenters. The number of pyridine rings is 1. The van der Waals surface area contributed by atoms with Crippen molar-refractivity contribution in [1.82, 2.24) is 74.8 Å². The van der Waals surface area contributed by atoms with Crippen molar-refractivity contribution in [3.63, 3.8) is 0 Å². The number of nitrogens with zero attached hydrogens (tertiary/aromatic N) is 13. The van der Waals surface area contributed by atoms with Gasteiger partial charge in [0.05, 0.1) is 106 Å². The van der Waals surface area contributed by atoms with E-state index in [4.69, 9.17) is 62.6 Å². The number of hydrogen-bond acceptors (Lipinski definition) is 25. The molecule has 0 fully saturated rings. The number of ether oxygens (including phenoxy) is 1. The van der Waals surface area contributed by atoms with Crippen LogP contribution in [0.2, 0.25) is 20.1 Å². The summed E-state index contributed by atoms with van der Waals surface area (Å²) in [7, 11) is 7.04. The molecule has 9 aromatic heterocycles. The zero-order valence-electron chi connectivity index (χ0n) is 73.9. The molecule has 12 aromatic carbocycles. The summed E-state index contributed by atoms with van der Waals surface area (Å²) in [5.41, 5.74) is 36.5. The molecule has 0 saturated carbocycles. The molecule has 9 heterocycles. The summed E-state index contributed by atoms with van der Waals surface area (Å²) < 4.78 is 5.28. The van der Waals surface area contributed by atoms with Crippen molar-refractivity contribution < 1.29 is 30.3 Å². The molecule has 0 atom stereocenters. The lowest BCUT2D eigenvalue weighted by molar-refractivity contribution is 0.415. The van der Waals surface area contributed by atoms with E-state index >= 15 is 0 Å². The summed E-state index contributed by atoms with van der Waals surface area (Å²) in [5, 5.41) is 70.0. The molecule has 21 rings (SSSR count). The number of nitrogens with two attached hydrogens (primary N) is 2. The van der Waals surface area contributed by atoms with Gasteiger partial charge in [-0.05, 0) is 279 Å². The van der Waals surface area contributed by atoms with E-state index in [1.165, 1.54) is 0 Å². The third-order valence-corrected chi connectivity index (χ3v) is 23.4. The molecule has 15 N–H and O–H groups in total. The van der Waals surface area contributed by atoms with Crippen molar-refractivity contribution >= 4 is 175 Å². The van der Waals surface area contributed by atoms with Gasteiger partial charge < -0.3 is 73.0 Å². The molecule has 0 aliphatic carbocycles. The Morgan fingerprint density at radius 1 is 0.306 bits per heavy atom. The van der Waals surface area contributed by atoms with Gasteiger partial charge in [-0.15, -0.1) is 0 Å². The summed E-state index contributed by atoms with van der Waals surface area (Å²) in [6.07, 6.45) is 3.44. The van der Waals surface area contributed by atoms with Crippen LogP contribution in [0.15, 0.2) is 255 Å². The van der Waals surface area contributed by atoms with Crippen LogP contribution in [0.4, 0.5) is 41.4 Å². The van der Waals surface area contributed by atoms with Gasteiger partial charge in [0.25, 0.3) is 0 Å². The molecule has 0 aliphatic heterocycles. The van der Waals surface area contributed by atoms with Crippen molar-refractivity contribution in [3.05, 3.63) is 309 Å². The van der Waals surface area contributed by atoms with Crippen LogP contribution in [0.5, 0.6) is 34.5 Å². The Hall–Kier alpha value is -16.3. The standard InChI is InChI=1S/C20H15ClN4O.C18H16N4O.C17H16ClN3O.C17H14N4O.C16H14ClN3O.C15H12ClN3O/c1-12-16-9-13(14-4-6-17(21)19(26)10-14)5-7-18(16)25-20(23-12)24-15-3-2-8-22-11-15;1-10-14-8-11(3-5-16(14)22-18(19-2)20-10)17-9-12-7-13(23)4-6-15(12)21-17;1-10-13-8-11(5-7-15(13)21-17(19-2)20-10)12-4-6-14(18)16(9-12)22-3;1-9-13-7-10(2-4-15(13)21-17(18)19-9)16-8-11-6-12(22)3-5-14(11)20-16;1-9-12-7-10(11-3-5-13(17)15(21)8-11)4-6-14(12)20-16(18-2)19-9;1-8-11-6-9(3-5-13(11)19-15(17)18-8)10-2-4-12(16)14(20)7-10/h2-11,26H,1H3,(H,23,24,25);3-9,21,23H,1-2H3,(H,19,20,22);4-9H,1-3H3,(H,19,20,21);2-8,20,22H,1H3,(H2,18,19,21);3-8,21H,1-2H3,(H,18,19,20);2-7,20H,1H3,(H2,17,18,19). The summed E-state index contributed by atoms with van der Waals surface area (Å²) in [6, 6.07) is 75.7. The predicted octanol–water partition coefficient (Wildman–Crippen LogP) is 24.2. The molecule has 0 radical (unpaired) electrons. The number of H-pyrrole nitrogens is 2. The minimum Gasteiger partial charge on any atom is -0.508 e. The Bertz CT molecular complexity index is 8070. The number of aromatic amines is 2. The van der Waals surface area contributed by atoms with Gasteiger partial charge in [-0.3, -0.25) is 4.98 Å². The first-order chi connectivity index (χ1) is 64.6. The maximum atomic E-state index is 9.84. The van der Waals surface area contributed by atoms with Gasteiger partial charge in [0.15, 0.2) is 0 Å². The van der Waals surface area contributed by atoms with Crippen LogP contribution in [0, 0.1) is 41.5 Å². The second-order valence-electron chi connectivity index (χ2n) is 31.1. The first-order valence-electron chi connectivity index (χ1n) is 42.0. The number of rotatable bonds is 12. The number of benzene rings is 12. The van der Waals surface area contributed by atoms with Crippen LogP contribution < -0.4 is 37.5 Å². The lowest BCUT2D eigenvalue weighted by Crippen LogP contribution is -2.00. The number of anilines is 7. The highest BCUT2D eigenvalue weighted by atomic mass is 35.5. The van der Waals surface area contributed by atoms with Gasteiger partial charge in [0.1, 0.15) is 34.5 Å². The number of aryl methyl sites for hydroxylation is 6. The number of phenolic OH excluding ortho intramolecular Hbond substituents is 5. The number of phenols is 5. The average Bonchev–Trinajstić information content (AvgIpc) is 1.38. The minimum absolute atomic E-state index is 0.0632. The van der Waals surface area contributed by atoms with Gasteiger partial charge in [-0.2, -0.15) is 0 Å². The maximum Gasteiger partial charge on any atom is 0.228 e. The molecule has 0 aliphatic rings. The Morgan fingerprint density at radius 2 is 0.604 bits per heavy atom. The number of nitrogen functional groups attached to an aromatic ring is 2. The van der Waals surface area contributed by atoms with Gasteiger partial charge in [0.2, 0.25) is 35.7 Å². The highest BCUT2D eigenvalue weighted by Crippen LogP contribution is 2.40. The molecule has 134 heavy (non-hydrogen) atoms. The fraction of sp³-hybridized carbons (Fsp3) is 0.0971. The van der Waals surface area contributed by atoms with Crippen LogP contribution >= 0.6 is 46.4 Å². The van der Waals surface area contributed by atoms with E-state index in [1.807, 2.05) is 219 Å². The normalized spacial score (nSPS) is 11.0. The fourth-order valence-corrected chi connectivity index (χ4v) is 15.8. The number of aromatic hydroxyl groups is 5. The minimum atomic E-state index is 0.0632. The predicted molar refractivity (Wildman–Crippen MR) is 542 cm³/mol. The van der Waals surface area contributed by atoms with Crippen LogP contribution in [-0.2, 0) is 0 Å². The topological polar surface area (TPSA) is 410 Å². The SMILES string of the molecule is CNc1nc(C)c2cc(-c3cc4cc(O)ccc4[nH]3)ccc2n1.CNc1nc(C)c2cc(-c3ccc(Cl)c(O)c3)ccc2n1.CNc1nc(C)c2cc(-c3ccc(Cl)c(OC)c3)ccc2n1.Cc1nc(N)nc2ccc(-c3cc4cc(O)ccc4[nH]3)cc12.Cc1nc(N)nc2ccc(-c3ccc(Cl)c(O)c3)cc12.Cc1nc(Nc2cccnc2)nc2ccc(-c3ccc(Cl)c(O)c3)cc12. The van der Waals surface area contributed by atoms with Crippen LogP contribution in [0.1, 0.15) is 34.2 Å². The van der Waals surface area contributed by atoms with Crippen LogP contribution in [0.25, 0.3) is 154 Å². The molecule has 27 nitrogen and oxygen atoms in total. The molecule has 21 aromatic rings. The smallest absolute Gasteiger partial charge is 0.228 e. The van der Waals surface area contributed by atoms with E-state index in [0.29, 0.717) is 55.6 Å². The highest BCUT2D eigenvalue weighted by Gasteiger charge is 2.17. The van der Waals surface area contributed by atoms with E-state index in [1.54, 1.807) is 87.2 Å². The zero-order valence-corrected chi connectivity index (χ0v) is 76.9. The number of hydrogen-bond donors (Lipinski definition) is 13. The molecule has 668 valence electrons. The van der Waals surface area contributed by atoms with E-state index in [2.05, 4.69) is 114 Å². The largest absolute Gasteiger partial charge is 0.508 e. The van der Waals surface area contributed by atoms with E-state index < -0.39 is 0 Å². The number of aromatic nitrogens is 15. The van der Waals surface area contributed by atoms with Crippen molar-refractivity contribution in [2.24, 2.45) is 0 Å². The number of nitrogens with one attached hydrogen (secondary N) is 6. The first-order valence-corrected chi connectivity index (χ1v) is 43.5. The Kier molecular flexibility index (Phi) is 26.9. The van der Waals surface area contributed by atoms with E-state index in [9.17, 15) is 25.5 Å². The van der Waals surface area contributed by atoms with Crippen LogP contribution in [0.3, 0.4) is 0 Å². The quantitative estimate of drug-likeness (QED) is 0.0540. The second-order valence-corrected chi connectivity index (χ2v) is 32.8. The summed E-state index contributed by atoms with van der Waals surface area (Å²) in [5.74, 6) is 4.35. The molecule has 0 amide bonds. The monoisotopic (exact) mass is 1850 g/mol. The average molecular weight is 1860 g/mol. The molecular weight excluding hydrogens is 1770 g/mol. The summed E-state index contributed by atoms with van der Waals surface area (Å²) in [6.45, 7) is 11.7. The summed E-state index contributed by atoms with van der Waals surface area (Å²) >= 11 is 23.6. The zero-order chi connectivity index (χ0) is 94.3. The summed E-state index contributed by atoms with van der Waals surface area (Å²) in [4.78, 5) is 63.4. The van der Waals surface area contributed by atoms with Crippen molar-refractivity contribution in [2.45, 2.75) is 41.5 Å². The number of halogens is 4. The lowest BCUT2D eigenvalue weighted by Gasteiger charge is -2.10. The van der Waals surface area contributed by atoms with Crippen molar-refractivity contribution in [1.29, 1.82) is 0 Å². The molecule has 31 heteroatoms. The van der Waals surface area contributed by atoms with Gasteiger partial charge >= 0.3 is 0 Å². The number of fused-ring (bicyclic) bond motifs is 8. The lowest BCUT2D eigenvalue weighted by atomic mass is 10.0. The molecule has 0 saturated heterocycles. The Balaban J connectivity index is 0.000000117. The van der Waals surface area contributed by atoms with Crippen LogP contribution in [-0.4, -0.2) is 129 Å². The third kappa shape index (κ3) is 20.6. The van der Waals surface area contributed by atoms with Crippen molar-refractivity contribution in [3.8, 4) is 102 Å². The van der Waals surface area contributed by atoms with Gasteiger partial charge in [0, 0.05) is 92.9 Å². The highest BCUT2D eigenvalue weighted by molar-refractivity contribution is 6.33. The second kappa shape index (κ2) is 39.5. The number of methoxy groups -OCH3 is 1. The molecule has 0 spiro atoms. The molecular formula is C103H87Cl4N21O6. The Labute approximate surface area is 788 Å². The van der Waals surface area contributed by atoms with E-state index in [0.717, 1.165) is 194 Å². The van der Waals surface area contributed by atoms with Crippen molar-refractivity contribution in [2.75, 3.05) is 61.0 Å². The van der Waals surface area contributed by atoms with E-state index in [-0.39, 0.29) is 34.7 Å². The fourth-order valence-electron chi connectivity index (χ4n) is 15.2. The maximum absolute atomic E-state index is 9.84. The molecule has 0 bridgehead atoms. The first kappa shape index (κ1) is 91.0.